The maximum absolute atomic E-state index is 10.7. The van der Waals surface area contributed by atoms with Gasteiger partial charge in [-0.25, -0.2) is 9.59 Å². The number of hydrogen-bond donors (Lipinski definition) is 1. The van der Waals surface area contributed by atoms with Crippen LogP contribution in [0.3, 0.4) is 0 Å². The summed E-state index contributed by atoms with van der Waals surface area (Å²) in [4.78, 5) is 20.7. The molecule has 0 aliphatic carbocycles. The summed E-state index contributed by atoms with van der Waals surface area (Å²) in [5, 5.41) is 8.17. The molecule has 5 nitrogen and oxygen atoms in total. The van der Waals surface area contributed by atoms with E-state index in [0.717, 1.165) is 6.08 Å². The van der Waals surface area contributed by atoms with Crippen LogP contribution in [0.5, 0.6) is 0 Å². The minimum atomic E-state index is -1.19. The Morgan fingerprint density at radius 2 is 2.00 bits per heavy atom. The zero-order valence-electron chi connectivity index (χ0n) is 7.64. The molecule has 0 aliphatic heterocycles. The molecule has 14 heavy (non-hydrogen) atoms. The van der Waals surface area contributed by atoms with Gasteiger partial charge < -0.3 is 14.6 Å². The Morgan fingerprint density at radius 3 is 2.57 bits per heavy atom. The Morgan fingerprint density at radius 1 is 1.29 bits per heavy atom. The summed E-state index contributed by atoms with van der Waals surface area (Å²) in [6.45, 7) is 4.18. The van der Waals surface area contributed by atoms with Crippen LogP contribution in [-0.4, -0.2) is 36.9 Å². The van der Waals surface area contributed by atoms with Crippen molar-refractivity contribution in [2.45, 2.75) is 0 Å². The van der Waals surface area contributed by atoms with Gasteiger partial charge in [-0.1, -0.05) is 6.08 Å². The van der Waals surface area contributed by atoms with E-state index in [2.05, 4.69) is 11.3 Å². The fraction of sp³-hybridized carbons (Fsp3) is 0.333. The van der Waals surface area contributed by atoms with Crippen LogP contribution in [-0.2, 0) is 19.1 Å². The lowest BCUT2D eigenvalue weighted by molar-refractivity contribution is -0.140. The van der Waals surface area contributed by atoms with E-state index >= 15 is 0 Å². The minimum absolute atomic E-state index is 0.0939. The standard InChI is InChI=1S/C9H12O5/c1-2-5-13-6-7-14-9(12)4-3-8(10)11/h2-4H,1,5-7H2,(H,10,11)/b4-3-. The molecule has 0 aromatic heterocycles. The minimum Gasteiger partial charge on any atom is -0.478 e. The molecular weight excluding hydrogens is 188 g/mol. The number of hydrogen-bond acceptors (Lipinski definition) is 4. The molecule has 1 N–H and O–H groups in total. The van der Waals surface area contributed by atoms with E-state index in [-0.39, 0.29) is 13.2 Å². The van der Waals surface area contributed by atoms with E-state index in [1.807, 2.05) is 0 Å². The van der Waals surface area contributed by atoms with Crippen LogP contribution in [0.2, 0.25) is 0 Å². The van der Waals surface area contributed by atoms with Gasteiger partial charge in [0.15, 0.2) is 0 Å². The Kier molecular flexibility index (Phi) is 7.07. The Labute approximate surface area is 81.6 Å². The van der Waals surface area contributed by atoms with Gasteiger partial charge in [0.25, 0.3) is 0 Å². The molecule has 0 amide bonds. The van der Waals surface area contributed by atoms with Crippen molar-refractivity contribution >= 4 is 11.9 Å². The van der Waals surface area contributed by atoms with Crippen LogP contribution in [0.15, 0.2) is 24.8 Å². The first kappa shape index (κ1) is 12.4. The third-order valence-electron chi connectivity index (χ3n) is 1.07. The smallest absolute Gasteiger partial charge is 0.331 e. The number of esters is 1. The molecule has 0 saturated carbocycles. The Bertz CT molecular complexity index is 231. The monoisotopic (exact) mass is 200 g/mol. The summed E-state index contributed by atoms with van der Waals surface area (Å²) in [5.74, 6) is -1.89. The first-order valence-corrected chi connectivity index (χ1v) is 3.93. The Balaban J connectivity index is 3.44. The fourth-order valence-corrected chi connectivity index (χ4v) is 0.555. The van der Waals surface area contributed by atoms with E-state index in [4.69, 9.17) is 9.84 Å². The zero-order valence-corrected chi connectivity index (χ0v) is 7.64. The molecule has 0 radical (unpaired) electrons. The van der Waals surface area contributed by atoms with Gasteiger partial charge in [-0.15, -0.1) is 6.58 Å². The molecule has 0 rings (SSSR count). The van der Waals surface area contributed by atoms with Gasteiger partial charge in [0.2, 0.25) is 0 Å². The summed E-state index contributed by atoms with van der Waals surface area (Å²) in [6.07, 6.45) is 3.13. The van der Waals surface area contributed by atoms with E-state index in [1.54, 1.807) is 6.08 Å². The molecule has 0 atom stereocenters. The first-order chi connectivity index (χ1) is 6.66. The molecule has 0 aliphatic rings. The molecule has 0 saturated heterocycles. The topological polar surface area (TPSA) is 72.8 Å². The number of rotatable bonds is 7. The predicted molar refractivity (Wildman–Crippen MR) is 48.8 cm³/mol. The quantitative estimate of drug-likeness (QED) is 0.278. The van der Waals surface area contributed by atoms with Gasteiger partial charge in [-0.05, 0) is 0 Å². The highest BCUT2D eigenvalue weighted by Crippen LogP contribution is 1.83. The molecular formula is C9H12O5. The average Bonchev–Trinajstić information content (AvgIpc) is 2.14. The van der Waals surface area contributed by atoms with Gasteiger partial charge >= 0.3 is 11.9 Å². The molecule has 0 spiro atoms. The lowest BCUT2D eigenvalue weighted by Crippen LogP contribution is -2.08. The van der Waals surface area contributed by atoms with Crippen molar-refractivity contribution in [3.05, 3.63) is 24.8 Å². The van der Waals surface area contributed by atoms with Gasteiger partial charge in [-0.3, -0.25) is 0 Å². The highest BCUT2D eigenvalue weighted by atomic mass is 16.6. The number of aliphatic carboxylic acids is 1. The molecule has 0 heterocycles. The summed E-state index contributed by atoms with van der Waals surface area (Å²) in [7, 11) is 0. The highest BCUT2D eigenvalue weighted by Gasteiger charge is 1.97. The van der Waals surface area contributed by atoms with E-state index in [0.29, 0.717) is 12.7 Å². The number of carboxylic acid groups (broad SMARTS) is 1. The second-order valence-corrected chi connectivity index (χ2v) is 2.20. The molecule has 0 bridgehead atoms. The maximum Gasteiger partial charge on any atom is 0.331 e. The van der Waals surface area contributed by atoms with Gasteiger partial charge in [0.1, 0.15) is 6.61 Å². The summed E-state index contributed by atoms with van der Waals surface area (Å²) in [5.41, 5.74) is 0. The molecule has 78 valence electrons. The molecule has 5 heteroatoms. The van der Waals surface area contributed by atoms with Crippen LogP contribution in [0.25, 0.3) is 0 Å². The van der Waals surface area contributed by atoms with Crippen LogP contribution in [0.1, 0.15) is 0 Å². The average molecular weight is 200 g/mol. The van der Waals surface area contributed by atoms with Gasteiger partial charge in [-0.2, -0.15) is 0 Å². The van der Waals surface area contributed by atoms with Crippen LogP contribution in [0.4, 0.5) is 0 Å². The SMILES string of the molecule is C=CCOCCOC(=O)/C=C\C(=O)O. The number of ether oxygens (including phenoxy) is 2. The predicted octanol–water partition coefficient (Wildman–Crippen LogP) is 0.373. The normalized spacial score (nSPS) is 10.0. The zero-order chi connectivity index (χ0) is 10.8. The van der Waals surface area contributed by atoms with E-state index in [1.165, 1.54) is 0 Å². The lowest BCUT2D eigenvalue weighted by Gasteiger charge is -2.01. The second-order valence-electron chi connectivity index (χ2n) is 2.20. The molecule has 0 fully saturated rings. The molecule has 0 aromatic rings. The summed E-state index contributed by atoms with van der Waals surface area (Å²) in [6, 6.07) is 0. The van der Waals surface area contributed by atoms with Crippen molar-refractivity contribution < 1.29 is 24.2 Å². The summed E-state index contributed by atoms with van der Waals surface area (Å²) >= 11 is 0. The van der Waals surface area contributed by atoms with Crippen molar-refractivity contribution in [3.8, 4) is 0 Å². The number of carbonyl (C=O) groups is 2. The van der Waals surface area contributed by atoms with Crippen molar-refractivity contribution in [1.82, 2.24) is 0 Å². The van der Waals surface area contributed by atoms with Crippen LogP contribution < -0.4 is 0 Å². The van der Waals surface area contributed by atoms with Crippen molar-refractivity contribution in [2.75, 3.05) is 19.8 Å². The summed E-state index contributed by atoms with van der Waals surface area (Å²) < 4.78 is 9.51. The molecule has 0 unspecified atom stereocenters. The number of carboxylic acids is 1. The van der Waals surface area contributed by atoms with E-state index in [9.17, 15) is 9.59 Å². The largest absolute Gasteiger partial charge is 0.478 e. The van der Waals surface area contributed by atoms with Gasteiger partial charge in [0, 0.05) is 12.2 Å². The van der Waals surface area contributed by atoms with Crippen molar-refractivity contribution in [3.63, 3.8) is 0 Å². The Hall–Kier alpha value is -1.62. The lowest BCUT2D eigenvalue weighted by atomic mass is 10.5. The third-order valence-corrected chi connectivity index (χ3v) is 1.07. The van der Waals surface area contributed by atoms with Crippen LogP contribution in [0, 0.1) is 0 Å². The third kappa shape index (κ3) is 8.48. The van der Waals surface area contributed by atoms with Crippen LogP contribution >= 0.6 is 0 Å². The van der Waals surface area contributed by atoms with Gasteiger partial charge in [0.05, 0.1) is 13.2 Å². The number of carbonyl (C=O) groups excluding carboxylic acids is 1. The van der Waals surface area contributed by atoms with Crippen molar-refractivity contribution in [1.29, 1.82) is 0 Å². The second kappa shape index (κ2) is 8.00. The van der Waals surface area contributed by atoms with E-state index < -0.39 is 11.9 Å². The molecule has 0 aromatic carbocycles. The first-order valence-electron chi connectivity index (χ1n) is 3.93. The highest BCUT2D eigenvalue weighted by molar-refractivity contribution is 5.90. The van der Waals surface area contributed by atoms with Crippen molar-refractivity contribution in [2.24, 2.45) is 0 Å². The maximum atomic E-state index is 10.7. The fourth-order valence-electron chi connectivity index (χ4n) is 0.555.